The van der Waals surface area contributed by atoms with E-state index in [9.17, 15) is 20.1 Å². The van der Waals surface area contributed by atoms with Gasteiger partial charge in [-0.15, -0.1) is 0 Å². The molecule has 0 aliphatic rings. The highest BCUT2D eigenvalue weighted by molar-refractivity contribution is 5.89. The van der Waals surface area contributed by atoms with Crippen molar-refractivity contribution >= 4 is 5.97 Å². The topological polar surface area (TPSA) is 111 Å². The minimum Gasteiger partial charge on any atom is -0.462 e. The number of esters is 1. The standard InChI is InChI=1S/C35H39NO3.C28H35NO2/c37-27-29(28-39-34(38)30-18-8-3-9-19-30)17-7-1-2-16-26-36-35(31-20-10-4-11-21-31,32-22-12-5-13-23-32)33-24-14-6-15-25-33;30-22-24(23-31)14-6-1-2-13-21-29-28(25-15-7-3-8-16-25,26-17-9-4-10-18-26)27-19-11-5-12-20-27/h3-6,8-15,18-25,29,36-37H,1-2,7,16-17,26-28H2;3-5,7-12,15-20,24,29-31H,1-2,6,13-14,21-23H2. The zero-order valence-corrected chi connectivity index (χ0v) is 40.8. The summed E-state index contributed by atoms with van der Waals surface area (Å²) in [5, 5.41) is 36.1. The van der Waals surface area contributed by atoms with E-state index in [4.69, 9.17) is 4.74 Å². The van der Waals surface area contributed by atoms with Crippen molar-refractivity contribution in [2.75, 3.05) is 39.5 Å². The molecule has 0 heterocycles. The van der Waals surface area contributed by atoms with E-state index in [1.807, 2.05) is 18.2 Å². The largest absolute Gasteiger partial charge is 0.462 e. The number of rotatable bonds is 28. The summed E-state index contributed by atoms with van der Waals surface area (Å²) in [5.74, 6) is -0.337. The summed E-state index contributed by atoms with van der Waals surface area (Å²) in [6.45, 7) is 2.20. The first kappa shape index (κ1) is 53.2. The van der Waals surface area contributed by atoms with Gasteiger partial charge < -0.3 is 20.1 Å². The van der Waals surface area contributed by atoms with Gasteiger partial charge in [0, 0.05) is 31.7 Å². The molecule has 0 amide bonds. The highest BCUT2D eigenvalue weighted by atomic mass is 16.5. The number of ether oxygens (including phenoxy) is 1. The first-order chi connectivity index (χ1) is 34.5. The molecule has 0 aliphatic heterocycles. The molecule has 7 aromatic rings. The highest BCUT2D eigenvalue weighted by Crippen LogP contribution is 2.38. The van der Waals surface area contributed by atoms with Crippen molar-refractivity contribution < 1.29 is 24.9 Å². The lowest BCUT2D eigenvalue weighted by molar-refractivity contribution is 0.0375. The first-order valence-electron chi connectivity index (χ1n) is 25.4. The number of unbranched alkanes of at least 4 members (excludes halogenated alkanes) is 6. The van der Waals surface area contributed by atoms with Gasteiger partial charge in [0.05, 0.1) is 23.2 Å². The molecule has 0 radical (unpaired) electrons. The quantitative estimate of drug-likeness (QED) is 0.0189. The fourth-order valence-electron chi connectivity index (χ4n) is 9.43. The Morgan fingerprint density at radius 3 is 0.943 bits per heavy atom. The van der Waals surface area contributed by atoms with Gasteiger partial charge in [0.1, 0.15) is 0 Å². The van der Waals surface area contributed by atoms with Gasteiger partial charge in [0.25, 0.3) is 0 Å². The lowest BCUT2D eigenvalue weighted by Crippen LogP contribution is -2.45. The van der Waals surface area contributed by atoms with E-state index in [1.165, 1.54) is 33.4 Å². The molecule has 7 rings (SSSR count). The highest BCUT2D eigenvalue weighted by Gasteiger charge is 2.36. The lowest BCUT2D eigenvalue weighted by Gasteiger charge is -2.37. The van der Waals surface area contributed by atoms with Gasteiger partial charge in [0.15, 0.2) is 0 Å². The number of aliphatic hydroxyl groups is 3. The summed E-state index contributed by atoms with van der Waals surface area (Å²) in [6.07, 6.45) is 10.3. The molecule has 0 aromatic heterocycles. The molecular formula is C63H74N2O5. The number of hydrogen-bond acceptors (Lipinski definition) is 7. The Hall–Kier alpha value is -6.19. The van der Waals surface area contributed by atoms with E-state index in [1.54, 1.807) is 12.1 Å². The predicted octanol–water partition coefficient (Wildman–Crippen LogP) is 12.1. The van der Waals surface area contributed by atoms with E-state index < -0.39 is 11.1 Å². The Balaban J connectivity index is 0.000000236. The van der Waals surface area contributed by atoms with E-state index in [-0.39, 0.29) is 44.2 Å². The molecule has 1 atom stereocenters. The molecule has 0 spiro atoms. The maximum atomic E-state index is 12.2. The van der Waals surface area contributed by atoms with Crippen LogP contribution in [0.15, 0.2) is 212 Å². The normalized spacial score (nSPS) is 11.9. The summed E-state index contributed by atoms with van der Waals surface area (Å²) >= 11 is 0. The maximum Gasteiger partial charge on any atom is 0.338 e. The Morgan fingerprint density at radius 1 is 0.371 bits per heavy atom. The molecule has 7 aromatic carbocycles. The lowest BCUT2D eigenvalue weighted by atomic mass is 9.77. The zero-order valence-electron chi connectivity index (χ0n) is 40.8. The van der Waals surface area contributed by atoms with Crippen LogP contribution >= 0.6 is 0 Å². The summed E-state index contributed by atoms with van der Waals surface area (Å²) in [4.78, 5) is 12.2. The summed E-state index contributed by atoms with van der Waals surface area (Å²) in [7, 11) is 0. The second kappa shape index (κ2) is 29.8. The van der Waals surface area contributed by atoms with Crippen molar-refractivity contribution in [2.24, 2.45) is 11.8 Å². The summed E-state index contributed by atoms with van der Waals surface area (Å²) in [6, 6.07) is 73.1. The molecular weight excluding hydrogens is 865 g/mol. The van der Waals surface area contributed by atoms with Crippen LogP contribution in [0.25, 0.3) is 0 Å². The van der Waals surface area contributed by atoms with Crippen molar-refractivity contribution in [1.29, 1.82) is 0 Å². The van der Waals surface area contributed by atoms with Crippen LogP contribution < -0.4 is 10.6 Å². The van der Waals surface area contributed by atoms with Crippen molar-refractivity contribution in [3.8, 4) is 0 Å². The van der Waals surface area contributed by atoms with Gasteiger partial charge in [-0.2, -0.15) is 0 Å². The third-order valence-electron chi connectivity index (χ3n) is 13.3. The molecule has 1 unspecified atom stereocenters. The van der Waals surface area contributed by atoms with Crippen molar-refractivity contribution in [2.45, 2.75) is 75.3 Å². The SMILES string of the molecule is O=C(OCC(CO)CCCCCCNC(c1ccccc1)(c1ccccc1)c1ccccc1)c1ccccc1.OCC(CO)CCCCCCNC(c1ccccc1)(c1ccccc1)c1ccccc1. The molecule has 70 heavy (non-hydrogen) atoms. The maximum absolute atomic E-state index is 12.2. The number of nitrogens with one attached hydrogen (secondary N) is 2. The van der Waals surface area contributed by atoms with Crippen molar-refractivity contribution in [3.63, 3.8) is 0 Å². The average Bonchev–Trinajstić information content (AvgIpc) is 3.44. The van der Waals surface area contributed by atoms with Crippen molar-refractivity contribution in [1.82, 2.24) is 10.6 Å². The molecule has 0 bridgehead atoms. The fourth-order valence-corrected chi connectivity index (χ4v) is 9.43. The van der Waals surface area contributed by atoms with Crippen LogP contribution in [0.4, 0.5) is 0 Å². The minimum absolute atomic E-state index is 0.0252. The Kier molecular flexibility index (Phi) is 22.6. The molecule has 7 heteroatoms. The summed E-state index contributed by atoms with van der Waals surface area (Å²) in [5.41, 5.74) is 7.08. The van der Waals surface area contributed by atoms with Crippen LogP contribution in [0.1, 0.15) is 108 Å². The summed E-state index contributed by atoms with van der Waals surface area (Å²) < 4.78 is 5.43. The average molecular weight is 939 g/mol. The van der Waals surface area contributed by atoms with Crippen molar-refractivity contribution in [3.05, 3.63) is 251 Å². The Labute approximate surface area is 417 Å². The van der Waals surface area contributed by atoms with E-state index >= 15 is 0 Å². The third kappa shape index (κ3) is 15.2. The Bertz CT molecular complexity index is 2230. The zero-order chi connectivity index (χ0) is 49.0. The molecule has 7 nitrogen and oxygen atoms in total. The smallest absolute Gasteiger partial charge is 0.338 e. The second-order valence-electron chi connectivity index (χ2n) is 18.2. The number of carbonyl (C=O) groups excluding carboxylic acids is 1. The number of hydrogen-bond donors (Lipinski definition) is 5. The molecule has 366 valence electrons. The fraction of sp³-hybridized carbons (Fsp3) is 0.317. The van der Waals surface area contributed by atoms with E-state index in [0.29, 0.717) is 5.56 Å². The predicted molar refractivity (Wildman–Crippen MR) is 286 cm³/mol. The van der Waals surface area contributed by atoms with Crippen LogP contribution in [-0.2, 0) is 15.8 Å². The van der Waals surface area contributed by atoms with Gasteiger partial charge in [-0.3, -0.25) is 10.6 Å². The van der Waals surface area contributed by atoms with Gasteiger partial charge in [0.2, 0.25) is 0 Å². The monoisotopic (exact) mass is 939 g/mol. The van der Waals surface area contributed by atoms with Gasteiger partial charge in [-0.05, 0) is 84.3 Å². The van der Waals surface area contributed by atoms with Gasteiger partial charge in [-0.25, -0.2) is 4.79 Å². The van der Waals surface area contributed by atoms with Crippen LogP contribution in [0.2, 0.25) is 0 Å². The molecule has 0 saturated carbocycles. The van der Waals surface area contributed by atoms with Crippen LogP contribution in [0.3, 0.4) is 0 Å². The van der Waals surface area contributed by atoms with E-state index in [0.717, 1.165) is 77.3 Å². The number of aliphatic hydroxyl groups excluding tert-OH is 3. The number of benzene rings is 7. The minimum atomic E-state index is -0.436. The molecule has 0 saturated heterocycles. The van der Waals surface area contributed by atoms with Gasteiger partial charge in [-0.1, -0.05) is 239 Å². The number of carbonyl (C=O) groups is 1. The van der Waals surface area contributed by atoms with Crippen LogP contribution in [-0.4, -0.2) is 60.8 Å². The van der Waals surface area contributed by atoms with Crippen LogP contribution in [0.5, 0.6) is 0 Å². The second-order valence-corrected chi connectivity index (χ2v) is 18.2. The Morgan fingerprint density at radius 2 is 0.643 bits per heavy atom. The third-order valence-corrected chi connectivity index (χ3v) is 13.3. The molecule has 0 fully saturated rings. The molecule has 5 N–H and O–H groups in total. The molecule has 0 aliphatic carbocycles. The van der Waals surface area contributed by atoms with E-state index in [2.05, 4.69) is 193 Å². The van der Waals surface area contributed by atoms with Crippen LogP contribution in [0, 0.1) is 11.8 Å². The first-order valence-corrected chi connectivity index (χ1v) is 25.4. The van der Waals surface area contributed by atoms with Gasteiger partial charge >= 0.3 is 5.97 Å².